The van der Waals surface area contributed by atoms with Crippen molar-refractivity contribution in [1.29, 1.82) is 0 Å². The van der Waals surface area contributed by atoms with E-state index < -0.39 is 6.16 Å². The molecule has 0 saturated carbocycles. The fourth-order valence-corrected chi connectivity index (χ4v) is 2.20. The van der Waals surface area contributed by atoms with Gasteiger partial charge in [0.15, 0.2) is 0 Å². The molecule has 0 saturated heterocycles. The number of carboxylic acid groups (broad SMARTS) is 2. The Kier molecular flexibility index (Phi) is 7.65. The highest BCUT2D eigenvalue weighted by atomic mass is 16.6. The van der Waals surface area contributed by atoms with Crippen molar-refractivity contribution in [1.82, 2.24) is 0 Å². The van der Waals surface area contributed by atoms with Crippen molar-refractivity contribution >= 4 is 6.16 Å². The van der Waals surface area contributed by atoms with Crippen LogP contribution >= 0.6 is 0 Å². The van der Waals surface area contributed by atoms with Crippen molar-refractivity contribution in [3.05, 3.63) is 60.2 Å². The van der Waals surface area contributed by atoms with E-state index in [1.807, 2.05) is 0 Å². The monoisotopic (exact) mass is 286 g/mol. The summed E-state index contributed by atoms with van der Waals surface area (Å²) in [5.74, 6) is 0. The second-order valence-electron chi connectivity index (χ2n) is 4.76. The number of unbranched alkanes of at least 4 members (excludes halogenated alkanes) is 2. The van der Waals surface area contributed by atoms with Crippen LogP contribution in [0.4, 0.5) is 4.79 Å². The maximum absolute atomic E-state index is 8.56. The molecule has 0 amide bonds. The summed E-state index contributed by atoms with van der Waals surface area (Å²) in [5.41, 5.74) is 4.20. The zero-order valence-corrected chi connectivity index (χ0v) is 12.3. The zero-order chi connectivity index (χ0) is 15.5. The fraction of sp³-hybridized carbons (Fsp3) is 0.278. The van der Waals surface area contributed by atoms with Crippen molar-refractivity contribution in [3.63, 3.8) is 0 Å². The Morgan fingerprint density at radius 1 is 0.905 bits per heavy atom. The number of hydrogen-bond acceptors (Lipinski definition) is 1. The summed E-state index contributed by atoms with van der Waals surface area (Å²) in [6.07, 6.45) is 3.26. The third-order valence-electron chi connectivity index (χ3n) is 3.15. The van der Waals surface area contributed by atoms with Crippen molar-refractivity contribution in [2.75, 3.05) is 0 Å². The van der Waals surface area contributed by atoms with Crippen LogP contribution in [0, 0.1) is 0 Å². The molecule has 0 heterocycles. The molecule has 2 N–H and O–H groups in total. The Balaban J connectivity index is 0.000000491. The summed E-state index contributed by atoms with van der Waals surface area (Å²) in [7, 11) is 0. The lowest BCUT2D eigenvalue weighted by Crippen LogP contribution is -1.90. The van der Waals surface area contributed by atoms with E-state index in [4.69, 9.17) is 15.0 Å². The van der Waals surface area contributed by atoms with Crippen LogP contribution in [-0.4, -0.2) is 16.4 Å². The molecule has 112 valence electrons. The summed E-state index contributed by atoms with van der Waals surface area (Å²) in [4.78, 5) is 8.56. The molecule has 0 aromatic heterocycles. The van der Waals surface area contributed by atoms with Gasteiger partial charge in [0.2, 0.25) is 0 Å². The summed E-state index contributed by atoms with van der Waals surface area (Å²) < 4.78 is 0. The Bertz CT molecular complexity index is 531. The van der Waals surface area contributed by atoms with Gasteiger partial charge in [-0.25, -0.2) is 4.79 Å². The average Bonchev–Trinajstić information content (AvgIpc) is 2.48. The molecular formula is C18H22O3. The number of aryl methyl sites for hydroxylation is 1. The van der Waals surface area contributed by atoms with E-state index >= 15 is 0 Å². The van der Waals surface area contributed by atoms with Crippen molar-refractivity contribution in [2.45, 2.75) is 32.6 Å². The highest BCUT2D eigenvalue weighted by Crippen LogP contribution is 2.24. The minimum atomic E-state index is -1.83. The van der Waals surface area contributed by atoms with Gasteiger partial charge in [0.1, 0.15) is 0 Å². The molecule has 3 nitrogen and oxygen atoms in total. The summed E-state index contributed by atoms with van der Waals surface area (Å²) >= 11 is 0. The molecule has 2 aromatic carbocycles. The van der Waals surface area contributed by atoms with E-state index in [9.17, 15) is 0 Å². The fourth-order valence-electron chi connectivity index (χ4n) is 2.20. The first kappa shape index (κ1) is 16.8. The van der Waals surface area contributed by atoms with Gasteiger partial charge in [0, 0.05) is 0 Å². The van der Waals surface area contributed by atoms with Gasteiger partial charge in [-0.3, -0.25) is 0 Å². The predicted octanol–water partition coefficient (Wildman–Crippen LogP) is 5.31. The molecule has 0 aliphatic rings. The third-order valence-corrected chi connectivity index (χ3v) is 3.15. The van der Waals surface area contributed by atoms with Crippen molar-refractivity contribution in [2.24, 2.45) is 0 Å². The lowest BCUT2D eigenvalue weighted by atomic mass is 9.96. The van der Waals surface area contributed by atoms with Crippen LogP contribution in [0.5, 0.6) is 0 Å². The molecule has 0 spiro atoms. The van der Waals surface area contributed by atoms with Crippen LogP contribution in [0.25, 0.3) is 11.1 Å². The molecule has 21 heavy (non-hydrogen) atoms. The zero-order valence-electron chi connectivity index (χ0n) is 12.3. The molecule has 0 atom stereocenters. The highest BCUT2D eigenvalue weighted by molar-refractivity contribution is 5.67. The van der Waals surface area contributed by atoms with E-state index in [0.29, 0.717) is 0 Å². The first-order valence-electron chi connectivity index (χ1n) is 7.20. The van der Waals surface area contributed by atoms with E-state index in [0.717, 1.165) is 0 Å². The van der Waals surface area contributed by atoms with Crippen molar-refractivity contribution in [3.8, 4) is 11.1 Å². The molecule has 0 aliphatic carbocycles. The first-order chi connectivity index (χ1) is 10.1. The second-order valence-corrected chi connectivity index (χ2v) is 4.76. The van der Waals surface area contributed by atoms with Gasteiger partial charge in [0.25, 0.3) is 0 Å². The number of benzene rings is 2. The molecule has 2 aromatic rings. The van der Waals surface area contributed by atoms with Gasteiger partial charge in [-0.1, -0.05) is 74.4 Å². The quantitative estimate of drug-likeness (QED) is 0.732. The summed E-state index contributed by atoms with van der Waals surface area (Å²) in [5, 5.41) is 13.9. The number of carbonyl (C=O) groups is 1. The summed E-state index contributed by atoms with van der Waals surface area (Å²) in [6.45, 7) is 2.25. The van der Waals surface area contributed by atoms with E-state index in [-0.39, 0.29) is 0 Å². The van der Waals surface area contributed by atoms with Gasteiger partial charge < -0.3 is 10.2 Å². The van der Waals surface area contributed by atoms with Crippen molar-refractivity contribution < 1.29 is 15.0 Å². The standard InChI is InChI=1S/C17H20.CH2O3/c1-2-3-5-10-15-13-8-9-14-17(15)16-11-6-4-7-12-16;2-1(3)4/h4,6-9,11-14H,2-3,5,10H2,1H3;(H2,2,3,4). The van der Waals surface area contributed by atoms with Gasteiger partial charge in [-0.15, -0.1) is 0 Å². The molecule has 0 aliphatic heterocycles. The van der Waals surface area contributed by atoms with E-state index in [1.165, 1.54) is 42.4 Å². The molecule has 0 bridgehead atoms. The topological polar surface area (TPSA) is 57.5 Å². The largest absolute Gasteiger partial charge is 0.503 e. The Labute approximate surface area is 125 Å². The van der Waals surface area contributed by atoms with Gasteiger partial charge >= 0.3 is 6.16 Å². The maximum Gasteiger partial charge on any atom is 0.503 e. The predicted molar refractivity (Wildman–Crippen MR) is 85.8 cm³/mol. The van der Waals surface area contributed by atoms with Crippen LogP contribution in [-0.2, 0) is 6.42 Å². The lowest BCUT2D eigenvalue weighted by molar-refractivity contribution is 0.137. The maximum atomic E-state index is 8.56. The van der Waals surface area contributed by atoms with Gasteiger partial charge in [-0.2, -0.15) is 0 Å². The number of rotatable bonds is 5. The molecule has 0 unspecified atom stereocenters. The SMILES string of the molecule is CCCCCc1ccccc1-c1ccccc1.O=C(O)O. The second kappa shape index (κ2) is 9.59. The lowest BCUT2D eigenvalue weighted by Gasteiger charge is -2.09. The minimum Gasteiger partial charge on any atom is -0.450 e. The normalized spacial score (nSPS) is 9.57. The average molecular weight is 286 g/mol. The number of hydrogen-bond donors (Lipinski definition) is 2. The van der Waals surface area contributed by atoms with E-state index in [1.54, 1.807) is 0 Å². The molecule has 2 rings (SSSR count). The Morgan fingerprint density at radius 3 is 2.10 bits per heavy atom. The van der Waals surface area contributed by atoms with Gasteiger partial charge in [-0.05, 0) is 29.5 Å². The molecule has 0 fully saturated rings. The van der Waals surface area contributed by atoms with Crippen LogP contribution in [0.1, 0.15) is 31.7 Å². The van der Waals surface area contributed by atoms with Gasteiger partial charge in [0.05, 0.1) is 0 Å². The van der Waals surface area contributed by atoms with Crippen LogP contribution in [0.2, 0.25) is 0 Å². The molecule has 3 heteroatoms. The molecule has 0 radical (unpaired) electrons. The third kappa shape index (κ3) is 6.61. The highest BCUT2D eigenvalue weighted by Gasteiger charge is 2.03. The minimum absolute atomic E-state index is 1.19. The Hall–Kier alpha value is -2.29. The van der Waals surface area contributed by atoms with Crippen LogP contribution < -0.4 is 0 Å². The smallest absolute Gasteiger partial charge is 0.450 e. The van der Waals surface area contributed by atoms with Crippen LogP contribution in [0.3, 0.4) is 0 Å². The first-order valence-corrected chi connectivity index (χ1v) is 7.20. The van der Waals surface area contributed by atoms with Crippen LogP contribution in [0.15, 0.2) is 54.6 Å². The van der Waals surface area contributed by atoms with E-state index in [2.05, 4.69) is 61.5 Å². The molecular weight excluding hydrogens is 264 g/mol. The summed E-state index contributed by atoms with van der Waals surface area (Å²) in [6, 6.07) is 19.4. The Morgan fingerprint density at radius 2 is 1.48 bits per heavy atom.